The van der Waals surface area contributed by atoms with Crippen LogP contribution >= 0.6 is 0 Å². The standard InChI is InChI=1S/C27H20N2O6/c28-25(32)19-12-6-7-13-20(19)29-26(33)23(31)22(21(30)15-14-16-8-2-1-3-9-16)24-17-10-4-5-11-18(17)27(34)35-24/h1-15,22,24H,(H2,28,32)(H,29,33)/b15-14+/t22-,24-/m1/s1. The van der Waals surface area contributed by atoms with Crippen LogP contribution in [-0.2, 0) is 19.1 Å². The summed E-state index contributed by atoms with van der Waals surface area (Å²) in [6.45, 7) is 0. The predicted octanol–water partition coefficient (Wildman–Crippen LogP) is 3.10. The molecule has 0 bridgehead atoms. The number of nitrogens with one attached hydrogen (secondary N) is 1. The van der Waals surface area contributed by atoms with Crippen molar-refractivity contribution in [2.24, 2.45) is 11.7 Å². The fraction of sp³-hybridized carbons (Fsp3) is 0.0741. The van der Waals surface area contributed by atoms with Gasteiger partial charge in [-0.1, -0.05) is 66.7 Å². The summed E-state index contributed by atoms with van der Waals surface area (Å²) in [6.07, 6.45) is 1.40. The molecule has 1 aliphatic heterocycles. The third-order valence-corrected chi connectivity index (χ3v) is 5.52. The van der Waals surface area contributed by atoms with Crippen molar-refractivity contribution < 1.29 is 28.7 Å². The maximum Gasteiger partial charge on any atom is 0.339 e. The highest BCUT2D eigenvalue weighted by molar-refractivity contribution is 6.45. The van der Waals surface area contributed by atoms with Crippen LogP contribution in [0.3, 0.4) is 0 Å². The number of Topliss-reactive ketones (excluding diaryl/α,β-unsaturated/α-hetero) is 1. The van der Waals surface area contributed by atoms with Gasteiger partial charge in [-0.15, -0.1) is 0 Å². The lowest BCUT2D eigenvalue weighted by atomic mass is 9.86. The summed E-state index contributed by atoms with van der Waals surface area (Å²) < 4.78 is 5.38. The molecule has 3 aromatic carbocycles. The molecule has 1 heterocycles. The number of fused-ring (bicyclic) bond motifs is 1. The fourth-order valence-corrected chi connectivity index (χ4v) is 3.82. The monoisotopic (exact) mass is 468 g/mol. The van der Waals surface area contributed by atoms with Crippen LogP contribution in [0.1, 0.15) is 37.9 Å². The SMILES string of the molecule is NC(=O)c1ccccc1NC(=O)C(=O)[C@@H](C(=O)/C=C/c1ccccc1)[C@@H]1OC(=O)c2ccccc21. The molecule has 0 aliphatic carbocycles. The van der Waals surface area contributed by atoms with Crippen molar-refractivity contribution in [2.75, 3.05) is 5.32 Å². The van der Waals surface area contributed by atoms with E-state index in [0.29, 0.717) is 11.1 Å². The number of hydrogen-bond donors (Lipinski definition) is 2. The largest absolute Gasteiger partial charge is 0.453 e. The third-order valence-electron chi connectivity index (χ3n) is 5.52. The lowest BCUT2D eigenvalue weighted by Crippen LogP contribution is -2.37. The van der Waals surface area contributed by atoms with Crippen LogP contribution in [0, 0.1) is 5.92 Å². The van der Waals surface area contributed by atoms with E-state index < -0.39 is 41.4 Å². The minimum Gasteiger partial charge on any atom is -0.453 e. The fourth-order valence-electron chi connectivity index (χ4n) is 3.82. The summed E-state index contributed by atoms with van der Waals surface area (Å²) in [5.74, 6) is -6.12. The van der Waals surface area contributed by atoms with Gasteiger partial charge in [0.05, 0.1) is 16.8 Å². The van der Waals surface area contributed by atoms with Gasteiger partial charge in [0, 0.05) is 5.56 Å². The van der Waals surface area contributed by atoms with Crippen molar-refractivity contribution in [3.8, 4) is 0 Å². The summed E-state index contributed by atoms with van der Waals surface area (Å²) in [7, 11) is 0. The minimum atomic E-state index is -1.64. The van der Waals surface area contributed by atoms with Gasteiger partial charge in [-0.2, -0.15) is 0 Å². The van der Waals surface area contributed by atoms with Crippen LogP contribution in [0.4, 0.5) is 5.69 Å². The molecule has 0 radical (unpaired) electrons. The summed E-state index contributed by atoms with van der Waals surface area (Å²) in [5, 5.41) is 2.35. The van der Waals surface area contributed by atoms with Crippen LogP contribution in [0.25, 0.3) is 6.08 Å². The van der Waals surface area contributed by atoms with Crippen molar-refractivity contribution in [2.45, 2.75) is 6.10 Å². The summed E-state index contributed by atoms with van der Waals surface area (Å²) >= 11 is 0. The average Bonchev–Trinajstić information content (AvgIpc) is 3.19. The van der Waals surface area contributed by atoms with Gasteiger partial charge in [0.1, 0.15) is 12.0 Å². The Morgan fingerprint density at radius 2 is 1.54 bits per heavy atom. The first kappa shape index (κ1) is 23.3. The molecule has 0 fully saturated rings. The highest BCUT2D eigenvalue weighted by Gasteiger charge is 2.45. The molecule has 2 amide bonds. The molecule has 0 spiro atoms. The van der Waals surface area contributed by atoms with Crippen LogP contribution in [0.15, 0.2) is 84.9 Å². The molecule has 0 unspecified atom stereocenters. The number of hydrogen-bond acceptors (Lipinski definition) is 6. The van der Waals surface area contributed by atoms with E-state index in [-0.39, 0.29) is 16.8 Å². The molecule has 0 saturated heterocycles. The number of ketones is 2. The zero-order valence-electron chi connectivity index (χ0n) is 18.3. The molecule has 174 valence electrons. The topological polar surface area (TPSA) is 133 Å². The molecule has 3 N–H and O–H groups in total. The average molecular weight is 468 g/mol. The van der Waals surface area contributed by atoms with Gasteiger partial charge < -0.3 is 15.8 Å². The summed E-state index contributed by atoms with van der Waals surface area (Å²) in [5.41, 5.74) is 6.62. The maximum atomic E-state index is 13.3. The molecule has 1 aliphatic rings. The lowest BCUT2D eigenvalue weighted by molar-refractivity contribution is -0.143. The molecule has 0 saturated carbocycles. The number of primary amides is 1. The predicted molar refractivity (Wildman–Crippen MR) is 127 cm³/mol. The third kappa shape index (κ3) is 4.91. The Bertz CT molecular complexity index is 1360. The quantitative estimate of drug-likeness (QED) is 0.226. The van der Waals surface area contributed by atoms with E-state index in [2.05, 4.69) is 5.32 Å². The maximum absolute atomic E-state index is 13.3. The Morgan fingerprint density at radius 1 is 0.886 bits per heavy atom. The normalized spacial score (nSPS) is 15.2. The molecule has 4 rings (SSSR count). The minimum absolute atomic E-state index is 0.00172. The molecular weight excluding hydrogens is 448 g/mol. The Labute approximate surface area is 200 Å². The molecular formula is C27H20N2O6. The van der Waals surface area contributed by atoms with E-state index in [1.165, 1.54) is 30.4 Å². The molecule has 8 nitrogen and oxygen atoms in total. The second-order valence-corrected chi connectivity index (χ2v) is 7.77. The van der Waals surface area contributed by atoms with E-state index >= 15 is 0 Å². The number of para-hydroxylation sites is 1. The Hall–Kier alpha value is -4.85. The van der Waals surface area contributed by atoms with Crippen LogP contribution in [-0.4, -0.2) is 29.4 Å². The number of carbonyl (C=O) groups is 5. The van der Waals surface area contributed by atoms with Crippen molar-refractivity contribution >= 4 is 41.1 Å². The van der Waals surface area contributed by atoms with E-state index in [1.807, 2.05) is 6.07 Å². The number of anilines is 1. The van der Waals surface area contributed by atoms with Crippen molar-refractivity contribution in [3.05, 3.63) is 107 Å². The number of amides is 2. The van der Waals surface area contributed by atoms with E-state index in [1.54, 1.807) is 54.6 Å². The van der Waals surface area contributed by atoms with Crippen LogP contribution in [0.2, 0.25) is 0 Å². The molecule has 8 heteroatoms. The Kier molecular flexibility index (Phi) is 6.64. The first-order chi connectivity index (χ1) is 16.9. The van der Waals surface area contributed by atoms with Crippen molar-refractivity contribution in [1.82, 2.24) is 0 Å². The number of esters is 1. The van der Waals surface area contributed by atoms with Gasteiger partial charge in [-0.05, 0) is 29.8 Å². The number of ether oxygens (including phenoxy) is 1. The van der Waals surface area contributed by atoms with Gasteiger partial charge in [0.15, 0.2) is 5.78 Å². The van der Waals surface area contributed by atoms with Gasteiger partial charge in [0.2, 0.25) is 5.78 Å². The van der Waals surface area contributed by atoms with Gasteiger partial charge in [0.25, 0.3) is 11.8 Å². The second-order valence-electron chi connectivity index (χ2n) is 7.77. The molecule has 0 aromatic heterocycles. The highest BCUT2D eigenvalue weighted by atomic mass is 16.5. The number of benzene rings is 3. The Balaban J connectivity index is 1.68. The molecule has 3 aromatic rings. The molecule has 2 atom stereocenters. The summed E-state index contributed by atoms with van der Waals surface area (Å²) in [4.78, 5) is 63.5. The first-order valence-electron chi connectivity index (χ1n) is 10.7. The molecule has 35 heavy (non-hydrogen) atoms. The smallest absolute Gasteiger partial charge is 0.339 e. The number of rotatable bonds is 8. The van der Waals surface area contributed by atoms with Crippen molar-refractivity contribution in [3.63, 3.8) is 0 Å². The van der Waals surface area contributed by atoms with Crippen molar-refractivity contribution in [1.29, 1.82) is 0 Å². The van der Waals surface area contributed by atoms with Gasteiger partial charge in [-0.3, -0.25) is 19.2 Å². The van der Waals surface area contributed by atoms with Crippen LogP contribution < -0.4 is 11.1 Å². The lowest BCUT2D eigenvalue weighted by Gasteiger charge is -2.20. The summed E-state index contributed by atoms with van der Waals surface area (Å²) in [6, 6.07) is 21.2. The van der Waals surface area contributed by atoms with E-state index in [4.69, 9.17) is 10.5 Å². The van der Waals surface area contributed by atoms with Gasteiger partial charge >= 0.3 is 5.97 Å². The van der Waals surface area contributed by atoms with Gasteiger partial charge in [-0.25, -0.2) is 4.79 Å². The van der Waals surface area contributed by atoms with E-state index in [9.17, 15) is 24.0 Å². The number of cyclic esters (lactones) is 1. The number of nitrogens with two attached hydrogens (primary N) is 1. The second kappa shape index (κ2) is 9.96. The Morgan fingerprint density at radius 3 is 2.29 bits per heavy atom. The first-order valence-corrected chi connectivity index (χ1v) is 10.7. The highest BCUT2D eigenvalue weighted by Crippen LogP contribution is 2.37. The van der Waals surface area contributed by atoms with Crippen LogP contribution in [0.5, 0.6) is 0 Å². The zero-order valence-corrected chi connectivity index (χ0v) is 18.3. The number of allylic oxidation sites excluding steroid dienone is 1. The zero-order chi connectivity index (χ0) is 24.9. The number of carbonyl (C=O) groups excluding carboxylic acids is 5. The van der Waals surface area contributed by atoms with E-state index in [0.717, 1.165) is 0 Å².